The highest BCUT2D eigenvalue weighted by molar-refractivity contribution is 6.31. The van der Waals surface area contributed by atoms with E-state index in [1.165, 1.54) is 54.7 Å². The highest BCUT2D eigenvalue weighted by atomic mass is 35.5. The summed E-state index contributed by atoms with van der Waals surface area (Å²) in [5.41, 5.74) is -0.188. The fourth-order valence-electron chi connectivity index (χ4n) is 6.66. The number of benzene rings is 1. The largest absolute Gasteiger partial charge is 0.320 e. The lowest BCUT2D eigenvalue weighted by molar-refractivity contribution is -0.385. The number of aromatic nitrogens is 5. The fourth-order valence-corrected chi connectivity index (χ4v) is 6.89. The molecule has 182 valence electrons. The zero-order valence-corrected chi connectivity index (χ0v) is 19.5. The maximum atomic E-state index is 13.3. The number of carbonyl (C=O) groups excluding carboxylic acids is 1. The molecule has 4 aliphatic carbocycles. The van der Waals surface area contributed by atoms with Crippen LogP contribution >= 0.6 is 11.6 Å². The van der Waals surface area contributed by atoms with Crippen LogP contribution in [0.4, 0.5) is 16.0 Å². The molecule has 4 fully saturated rings. The summed E-state index contributed by atoms with van der Waals surface area (Å²) in [7, 11) is 0. The molecule has 0 aliphatic heterocycles. The highest BCUT2D eigenvalue weighted by Gasteiger charge is 2.53. The molecule has 0 radical (unpaired) electrons. The zero-order chi connectivity index (χ0) is 24.3. The van der Waals surface area contributed by atoms with Gasteiger partial charge in [-0.3, -0.25) is 24.9 Å². The summed E-state index contributed by atoms with van der Waals surface area (Å²) in [6.45, 7) is 0.211. The Morgan fingerprint density at radius 3 is 2.51 bits per heavy atom. The van der Waals surface area contributed by atoms with Crippen LogP contribution in [0.5, 0.6) is 0 Å². The van der Waals surface area contributed by atoms with Crippen molar-refractivity contribution < 1.29 is 14.1 Å². The summed E-state index contributed by atoms with van der Waals surface area (Å²) in [6.07, 6.45) is 9.36. The maximum absolute atomic E-state index is 13.3. The van der Waals surface area contributed by atoms with Gasteiger partial charge in [0, 0.05) is 5.02 Å². The Labute approximate surface area is 204 Å². The summed E-state index contributed by atoms with van der Waals surface area (Å²) in [5, 5.41) is 23.2. The number of nitro groups is 1. The van der Waals surface area contributed by atoms with E-state index in [1.807, 2.05) is 0 Å². The first-order valence-electron chi connectivity index (χ1n) is 11.7. The van der Waals surface area contributed by atoms with Crippen LogP contribution in [0.25, 0.3) is 0 Å². The van der Waals surface area contributed by atoms with E-state index in [9.17, 15) is 19.3 Å². The normalized spacial score (nSPS) is 26.7. The van der Waals surface area contributed by atoms with Crippen LogP contribution in [0.3, 0.4) is 0 Å². The molecule has 1 amide bonds. The van der Waals surface area contributed by atoms with E-state index in [-0.39, 0.29) is 34.4 Å². The Balaban J connectivity index is 1.22. The predicted molar refractivity (Wildman–Crippen MR) is 124 cm³/mol. The molecule has 7 rings (SSSR count). The second-order valence-electron chi connectivity index (χ2n) is 10.2. The summed E-state index contributed by atoms with van der Waals surface area (Å²) in [4.78, 5) is 28.3. The number of amides is 1. The van der Waals surface area contributed by atoms with Gasteiger partial charge >= 0.3 is 5.69 Å². The Bertz CT molecular complexity index is 1300. The van der Waals surface area contributed by atoms with Gasteiger partial charge in [0.2, 0.25) is 11.6 Å². The topological polar surface area (TPSA) is 121 Å². The van der Waals surface area contributed by atoms with Crippen molar-refractivity contribution in [2.45, 2.75) is 50.6 Å². The average molecular weight is 500 g/mol. The molecular formula is C23H23ClFN7O3. The second kappa shape index (κ2) is 8.11. The van der Waals surface area contributed by atoms with Crippen molar-refractivity contribution >= 4 is 29.1 Å². The molecule has 12 heteroatoms. The molecule has 10 nitrogen and oxygen atoms in total. The van der Waals surface area contributed by atoms with Crippen molar-refractivity contribution in [3.8, 4) is 0 Å². The van der Waals surface area contributed by atoms with Gasteiger partial charge in [-0.15, -0.1) is 5.10 Å². The lowest BCUT2D eigenvalue weighted by Crippen LogP contribution is -2.52. The van der Waals surface area contributed by atoms with Crippen molar-refractivity contribution in [1.29, 1.82) is 0 Å². The third kappa shape index (κ3) is 3.97. The lowest BCUT2D eigenvalue weighted by Gasteiger charge is -2.56. The Morgan fingerprint density at radius 2 is 1.89 bits per heavy atom. The zero-order valence-electron chi connectivity index (χ0n) is 18.7. The number of hydrogen-bond acceptors (Lipinski definition) is 6. The van der Waals surface area contributed by atoms with E-state index in [0.717, 1.165) is 19.3 Å². The van der Waals surface area contributed by atoms with Gasteiger partial charge in [-0.2, -0.15) is 5.10 Å². The minimum Gasteiger partial charge on any atom is -0.287 e. The smallest absolute Gasteiger partial charge is 0.287 e. The first-order chi connectivity index (χ1) is 16.8. The van der Waals surface area contributed by atoms with E-state index in [1.54, 1.807) is 4.68 Å². The van der Waals surface area contributed by atoms with E-state index in [0.29, 0.717) is 23.3 Å². The Hall–Kier alpha value is -3.34. The Morgan fingerprint density at radius 1 is 1.20 bits per heavy atom. The minimum atomic E-state index is -0.738. The van der Waals surface area contributed by atoms with Gasteiger partial charge in [-0.1, -0.05) is 17.7 Å². The second-order valence-corrected chi connectivity index (χ2v) is 10.6. The molecule has 35 heavy (non-hydrogen) atoms. The van der Waals surface area contributed by atoms with Crippen molar-refractivity contribution in [2.75, 3.05) is 5.32 Å². The standard InChI is InChI=1S/C23H23ClFN7O3/c24-18-6-17(25)2-1-16(18)10-30-12-26-22(29-30)27-21(33)20-19(32(34)35)11-31(28-20)23-7-13-3-14(8-23)5-15(4-13)9-23/h1-2,6,11-15H,3-5,7-10H2,(H,27,29,33). The molecule has 0 saturated heterocycles. The molecule has 4 saturated carbocycles. The summed E-state index contributed by atoms with van der Waals surface area (Å²) in [5.74, 6) is 0.683. The van der Waals surface area contributed by atoms with Crippen molar-refractivity contribution in [2.24, 2.45) is 17.8 Å². The van der Waals surface area contributed by atoms with Crippen molar-refractivity contribution in [3.63, 3.8) is 0 Å². The summed E-state index contributed by atoms with van der Waals surface area (Å²) >= 11 is 6.07. The van der Waals surface area contributed by atoms with E-state index < -0.39 is 16.6 Å². The monoisotopic (exact) mass is 499 g/mol. The van der Waals surface area contributed by atoms with Gasteiger partial charge in [0.05, 0.1) is 17.0 Å². The number of halogens is 2. The molecule has 2 aromatic heterocycles. The lowest BCUT2D eigenvalue weighted by atomic mass is 9.53. The van der Waals surface area contributed by atoms with E-state index in [4.69, 9.17) is 11.6 Å². The summed E-state index contributed by atoms with van der Waals surface area (Å²) in [6, 6.07) is 4.04. The van der Waals surface area contributed by atoms with Gasteiger partial charge in [0.25, 0.3) is 5.91 Å². The number of carbonyl (C=O) groups is 1. The van der Waals surface area contributed by atoms with E-state index in [2.05, 4.69) is 20.5 Å². The first kappa shape index (κ1) is 22.1. The molecule has 1 aromatic carbocycles. The number of anilines is 1. The van der Waals surface area contributed by atoms with Gasteiger partial charge in [-0.05, 0) is 74.0 Å². The third-order valence-corrected chi connectivity index (χ3v) is 8.06. The van der Waals surface area contributed by atoms with Gasteiger partial charge in [0.15, 0.2) is 0 Å². The quantitative estimate of drug-likeness (QED) is 0.396. The molecule has 4 bridgehead atoms. The first-order valence-corrected chi connectivity index (χ1v) is 12.0. The van der Waals surface area contributed by atoms with Gasteiger partial charge in [-0.25, -0.2) is 14.1 Å². The average Bonchev–Trinajstić information content (AvgIpc) is 3.42. The van der Waals surface area contributed by atoms with Crippen LogP contribution in [0, 0.1) is 33.7 Å². The summed E-state index contributed by atoms with van der Waals surface area (Å²) < 4.78 is 16.4. The number of nitrogens with one attached hydrogen (secondary N) is 1. The molecule has 3 aromatic rings. The van der Waals surface area contributed by atoms with Crippen LogP contribution in [0.1, 0.15) is 54.6 Å². The molecule has 4 aliphatic rings. The highest BCUT2D eigenvalue weighted by Crippen LogP contribution is 2.58. The number of hydrogen-bond donors (Lipinski definition) is 1. The van der Waals surface area contributed by atoms with Crippen LogP contribution in [-0.4, -0.2) is 35.4 Å². The predicted octanol–water partition coefficient (Wildman–Crippen LogP) is 4.40. The minimum absolute atomic E-state index is 0.0214. The van der Waals surface area contributed by atoms with Crippen LogP contribution < -0.4 is 5.32 Å². The fraction of sp³-hybridized carbons (Fsp3) is 0.478. The molecule has 2 heterocycles. The molecule has 1 N–H and O–H groups in total. The van der Waals surface area contributed by atoms with Crippen LogP contribution in [0.2, 0.25) is 5.02 Å². The van der Waals surface area contributed by atoms with Crippen molar-refractivity contribution in [3.05, 3.63) is 62.9 Å². The Kier molecular flexibility index (Phi) is 5.13. The SMILES string of the molecule is O=C(Nc1ncn(Cc2ccc(F)cc2Cl)n1)c1nn(C23CC4CC(CC(C4)C2)C3)cc1[N+](=O)[O-]. The maximum Gasteiger partial charge on any atom is 0.320 e. The van der Waals surface area contributed by atoms with Gasteiger partial charge in [0.1, 0.15) is 18.3 Å². The molecular weight excluding hydrogens is 477 g/mol. The number of rotatable bonds is 6. The third-order valence-electron chi connectivity index (χ3n) is 7.71. The number of nitrogens with zero attached hydrogens (tertiary/aromatic N) is 6. The van der Waals surface area contributed by atoms with E-state index >= 15 is 0 Å². The molecule has 0 atom stereocenters. The van der Waals surface area contributed by atoms with Crippen LogP contribution in [0.15, 0.2) is 30.7 Å². The van der Waals surface area contributed by atoms with Gasteiger partial charge < -0.3 is 0 Å². The molecule has 0 spiro atoms. The van der Waals surface area contributed by atoms with Crippen LogP contribution in [-0.2, 0) is 12.1 Å². The molecule has 0 unspecified atom stereocenters. The van der Waals surface area contributed by atoms with Crippen molar-refractivity contribution in [1.82, 2.24) is 24.5 Å².